The average molecular weight is 281 g/mol. The Balaban J connectivity index is 3.26. The van der Waals surface area contributed by atoms with E-state index >= 15 is 0 Å². The van der Waals surface area contributed by atoms with E-state index in [1.165, 1.54) is 0 Å². The van der Waals surface area contributed by atoms with Crippen LogP contribution in [0.25, 0.3) is 0 Å². The minimum atomic E-state index is -5.04. The molecule has 0 amide bonds. The molecule has 7 nitrogen and oxygen atoms in total. The number of alkyl halides is 3. The summed E-state index contributed by atoms with van der Waals surface area (Å²) < 4.78 is 39.4. The average Bonchev–Trinajstić information content (AvgIpc) is 2.25. The highest BCUT2D eigenvalue weighted by atomic mass is 19.4. The van der Waals surface area contributed by atoms with Gasteiger partial charge in [-0.15, -0.1) is 13.2 Å². The lowest BCUT2D eigenvalue weighted by Gasteiger charge is -2.11. The van der Waals surface area contributed by atoms with E-state index < -0.39 is 40.4 Å². The van der Waals surface area contributed by atoms with Crippen molar-refractivity contribution in [1.82, 2.24) is 0 Å². The van der Waals surface area contributed by atoms with Crippen molar-refractivity contribution >= 4 is 11.7 Å². The molecule has 1 aromatic rings. The summed E-state index contributed by atoms with van der Waals surface area (Å²) in [6.07, 6.45) is -7.38. The third kappa shape index (κ3) is 3.81. The van der Waals surface area contributed by atoms with Crippen LogP contribution in [0.3, 0.4) is 0 Å². The van der Waals surface area contributed by atoms with Gasteiger partial charge >= 0.3 is 12.3 Å². The second kappa shape index (κ2) is 5.10. The standard InChI is InChI=1S/C9H6F3NO6/c10-9(11,12)19-4-1-2-6(13(17)18)5(3-4)7(14)8(15)16/h1-3,7,14H,(H,15,16). The Morgan fingerprint density at radius 3 is 2.42 bits per heavy atom. The molecule has 0 heterocycles. The normalized spacial score (nSPS) is 12.8. The third-order valence-corrected chi connectivity index (χ3v) is 1.96. The lowest BCUT2D eigenvalue weighted by atomic mass is 10.1. The van der Waals surface area contributed by atoms with E-state index in [1.807, 2.05) is 0 Å². The predicted octanol–water partition coefficient (Wildman–Crippen LogP) is 1.61. The number of hydrogen-bond donors (Lipinski definition) is 2. The van der Waals surface area contributed by atoms with E-state index in [-0.39, 0.29) is 0 Å². The van der Waals surface area contributed by atoms with E-state index in [9.17, 15) is 33.2 Å². The fourth-order valence-corrected chi connectivity index (χ4v) is 1.25. The molecule has 0 spiro atoms. The van der Waals surface area contributed by atoms with E-state index in [1.54, 1.807) is 0 Å². The molecule has 0 aliphatic rings. The van der Waals surface area contributed by atoms with E-state index in [2.05, 4.69) is 4.74 Å². The molecule has 0 fully saturated rings. The van der Waals surface area contributed by atoms with Crippen molar-refractivity contribution in [2.45, 2.75) is 12.5 Å². The molecule has 1 aromatic carbocycles. The second-order valence-corrected chi connectivity index (χ2v) is 3.27. The summed E-state index contributed by atoms with van der Waals surface area (Å²) in [6.45, 7) is 0. The van der Waals surface area contributed by atoms with Gasteiger partial charge in [-0.1, -0.05) is 0 Å². The number of rotatable bonds is 4. The Bertz CT molecular complexity index is 515. The summed E-state index contributed by atoms with van der Waals surface area (Å²) in [7, 11) is 0. The van der Waals surface area contributed by atoms with Crippen molar-refractivity contribution < 1.29 is 37.8 Å². The van der Waals surface area contributed by atoms with Gasteiger partial charge in [0.2, 0.25) is 0 Å². The molecule has 0 aromatic heterocycles. The summed E-state index contributed by atoms with van der Waals surface area (Å²) in [4.78, 5) is 20.1. The van der Waals surface area contributed by atoms with Gasteiger partial charge in [-0.25, -0.2) is 4.79 Å². The highest BCUT2D eigenvalue weighted by Gasteiger charge is 2.33. The van der Waals surface area contributed by atoms with Crippen LogP contribution in [-0.2, 0) is 4.79 Å². The number of aliphatic hydroxyl groups excluding tert-OH is 1. The van der Waals surface area contributed by atoms with Crippen molar-refractivity contribution in [2.75, 3.05) is 0 Å². The van der Waals surface area contributed by atoms with Gasteiger partial charge in [-0.05, 0) is 12.1 Å². The number of nitro benzene ring substituents is 1. The summed E-state index contributed by atoms with van der Waals surface area (Å²) in [5.41, 5.74) is -1.64. The molecular formula is C9H6F3NO6. The molecule has 0 aliphatic carbocycles. The van der Waals surface area contributed by atoms with Gasteiger partial charge in [0.05, 0.1) is 10.5 Å². The van der Waals surface area contributed by atoms with Gasteiger partial charge in [-0.2, -0.15) is 0 Å². The smallest absolute Gasteiger partial charge is 0.479 e. The van der Waals surface area contributed by atoms with E-state index in [0.717, 1.165) is 0 Å². The lowest BCUT2D eigenvalue weighted by molar-refractivity contribution is -0.386. The third-order valence-electron chi connectivity index (χ3n) is 1.96. The molecule has 2 N–H and O–H groups in total. The maximum absolute atomic E-state index is 12.0. The zero-order chi connectivity index (χ0) is 14.8. The first-order valence-corrected chi connectivity index (χ1v) is 4.57. The van der Waals surface area contributed by atoms with Gasteiger partial charge in [0.15, 0.2) is 6.10 Å². The molecule has 1 rings (SSSR count). The van der Waals surface area contributed by atoms with Crippen LogP contribution in [0.15, 0.2) is 18.2 Å². The molecular weight excluding hydrogens is 275 g/mol. The number of nitrogens with zero attached hydrogens (tertiary/aromatic N) is 1. The number of carbonyl (C=O) groups is 1. The Hall–Kier alpha value is -2.36. The van der Waals surface area contributed by atoms with Crippen LogP contribution in [0.5, 0.6) is 5.75 Å². The quantitative estimate of drug-likeness (QED) is 0.640. The number of aliphatic carboxylic acids is 1. The van der Waals surface area contributed by atoms with Crippen LogP contribution in [-0.4, -0.2) is 27.5 Å². The molecule has 0 saturated heterocycles. The predicted molar refractivity (Wildman–Crippen MR) is 52.4 cm³/mol. The highest BCUT2D eigenvalue weighted by molar-refractivity contribution is 5.76. The van der Waals surface area contributed by atoms with Gasteiger partial charge in [0.25, 0.3) is 5.69 Å². The van der Waals surface area contributed by atoms with E-state index in [4.69, 9.17) is 5.11 Å². The lowest BCUT2D eigenvalue weighted by Crippen LogP contribution is -2.18. The van der Waals surface area contributed by atoms with Crippen LogP contribution in [0.2, 0.25) is 0 Å². The second-order valence-electron chi connectivity index (χ2n) is 3.27. The summed E-state index contributed by atoms with van der Waals surface area (Å²) in [6, 6.07) is 1.71. The summed E-state index contributed by atoms with van der Waals surface area (Å²) in [5.74, 6) is -2.71. The zero-order valence-electron chi connectivity index (χ0n) is 8.92. The fraction of sp³-hybridized carbons (Fsp3) is 0.222. The number of halogens is 3. The molecule has 0 saturated carbocycles. The minimum Gasteiger partial charge on any atom is -0.479 e. The summed E-state index contributed by atoms with van der Waals surface area (Å²) >= 11 is 0. The van der Waals surface area contributed by atoms with E-state index in [0.29, 0.717) is 18.2 Å². The maximum Gasteiger partial charge on any atom is 0.573 e. The van der Waals surface area contributed by atoms with Crippen LogP contribution < -0.4 is 4.74 Å². The van der Waals surface area contributed by atoms with Gasteiger partial charge in [0, 0.05) is 6.07 Å². The van der Waals surface area contributed by atoms with Gasteiger partial charge < -0.3 is 14.9 Å². The highest BCUT2D eigenvalue weighted by Crippen LogP contribution is 2.32. The first kappa shape index (κ1) is 14.7. The molecule has 10 heteroatoms. The number of carboxylic acids is 1. The number of nitro groups is 1. The topological polar surface area (TPSA) is 110 Å². The molecule has 0 bridgehead atoms. The Morgan fingerprint density at radius 2 is 2.00 bits per heavy atom. The van der Waals surface area contributed by atoms with Crippen LogP contribution in [0.1, 0.15) is 11.7 Å². The number of carboxylic acid groups (broad SMARTS) is 1. The van der Waals surface area contributed by atoms with Crippen LogP contribution >= 0.6 is 0 Å². The van der Waals surface area contributed by atoms with Crippen molar-refractivity contribution in [2.24, 2.45) is 0 Å². The molecule has 0 radical (unpaired) electrons. The van der Waals surface area contributed by atoms with Gasteiger partial charge in [0.1, 0.15) is 5.75 Å². The Morgan fingerprint density at radius 1 is 1.42 bits per heavy atom. The van der Waals surface area contributed by atoms with Gasteiger partial charge in [-0.3, -0.25) is 10.1 Å². The van der Waals surface area contributed by atoms with Crippen molar-refractivity contribution in [1.29, 1.82) is 0 Å². The van der Waals surface area contributed by atoms with Crippen molar-refractivity contribution in [3.63, 3.8) is 0 Å². The zero-order valence-corrected chi connectivity index (χ0v) is 8.92. The monoisotopic (exact) mass is 281 g/mol. The minimum absolute atomic E-state index is 0.449. The van der Waals surface area contributed by atoms with Crippen molar-refractivity contribution in [3.05, 3.63) is 33.9 Å². The number of ether oxygens (including phenoxy) is 1. The summed E-state index contributed by atoms with van der Waals surface area (Å²) in [5, 5.41) is 28.3. The molecule has 0 aliphatic heterocycles. The Kier molecular flexibility index (Phi) is 3.95. The van der Waals surface area contributed by atoms with Crippen molar-refractivity contribution in [3.8, 4) is 5.75 Å². The Labute approximate surface area is 103 Å². The fourth-order valence-electron chi connectivity index (χ4n) is 1.25. The van der Waals surface area contributed by atoms with Crippen LogP contribution in [0.4, 0.5) is 18.9 Å². The molecule has 104 valence electrons. The first-order valence-electron chi connectivity index (χ1n) is 4.57. The largest absolute Gasteiger partial charge is 0.573 e. The number of hydrogen-bond acceptors (Lipinski definition) is 5. The SMILES string of the molecule is O=C(O)C(O)c1cc(OC(F)(F)F)ccc1[N+](=O)[O-]. The first-order chi connectivity index (χ1) is 8.61. The molecule has 1 unspecified atom stereocenters. The molecule has 1 atom stereocenters. The van der Waals surface area contributed by atoms with Crippen LogP contribution in [0, 0.1) is 10.1 Å². The molecule has 19 heavy (non-hydrogen) atoms. The number of aliphatic hydroxyl groups is 1. The maximum atomic E-state index is 12.0. The number of benzene rings is 1.